The predicted octanol–water partition coefficient (Wildman–Crippen LogP) is 2.53. The number of likely N-dealkylation sites (N-methyl/N-ethyl adjacent to an activating group) is 1. The molecular formula is C19H24N8O2S2. The fourth-order valence-corrected chi connectivity index (χ4v) is 5.20. The highest BCUT2D eigenvalue weighted by Gasteiger charge is 2.25. The van der Waals surface area contributed by atoms with Crippen LogP contribution in [-0.4, -0.2) is 87.5 Å². The van der Waals surface area contributed by atoms with E-state index in [-0.39, 0.29) is 5.25 Å². The zero-order valence-electron chi connectivity index (χ0n) is 17.2. The van der Waals surface area contributed by atoms with E-state index in [1.165, 1.54) is 16.2 Å². The third-order valence-corrected chi connectivity index (χ3v) is 7.37. The molecule has 2 N–H and O–H groups in total. The number of piperazine rings is 1. The van der Waals surface area contributed by atoms with Gasteiger partial charge in [0.15, 0.2) is 10.3 Å². The Morgan fingerprint density at radius 1 is 1.26 bits per heavy atom. The van der Waals surface area contributed by atoms with Gasteiger partial charge in [-0.05, 0) is 19.9 Å². The average molecular weight is 461 g/mol. The molecule has 0 saturated carbocycles. The number of thioether (sulfide) groups is 1. The molecule has 0 aromatic carbocycles. The van der Waals surface area contributed by atoms with Crippen LogP contribution in [0.5, 0.6) is 0 Å². The molecule has 0 atom stereocenters. The first-order chi connectivity index (χ1) is 15.0. The first kappa shape index (κ1) is 21.6. The van der Waals surface area contributed by atoms with Crippen LogP contribution in [-0.2, 0) is 0 Å². The number of aromatic nitrogens is 3. The van der Waals surface area contributed by atoms with Crippen molar-refractivity contribution in [3.05, 3.63) is 17.1 Å². The molecule has 2 fully saturated rings. The zero-order valence-corrected chi connectivity index (χ0v) is 18.8. The summed E-state index contributed by atoms with van der Waals surface area (Å²) in [5.41, 5.74) is 0. The maximum atomic E-state index is 11.2. The van der Waals surface area contributed by atoms with Crippen LogP contribution < -0.4 is 10.2 Å². The second-order valence-electron chi connectivity index (χ2n) is 7.54. The molecule has 12 heteroatoms. The molecule has 2 aromatic rings. The van der Waals surface area contributed by atoms with E-state index in [0.717, 1.165) is 44.8 Å². The number of nitrogens with one attached hydrogen (secondary N) is 1. The van der Waals surface area contributed by atoms with E-state index in [4.69, 9.17) is 15.4 Å². The number of anilines is 3. The van der Waals surface area contributed by atoms with E-state index in [2.05, 4.69) is 38.2 Å². The molecule has 2 saturated heterocycles. The quantitative estimate of drug-likeness (QED) is 0.644. The topological polar surface area (TPSA) is 122 Å². The van der Waals surface area contributed by atoms with E-state index in [1.54, 1.807) is 18.0 Å². The molecule has 31 heavy (non-hydrogen) atoms. The molecule has 0 radical (unpaired) electrons. The van der Waals surface area contributed by atoms with Crippen molar-refractivity contribution in [2.75, 3.05) is 56.5 Å². The molecule has 2 aliphatic rings. The number of rotatable bonds is 5. The summed E-state index contributed by atoms with van der Waals surface area (Å²) in [6, 6.07) is 4.02. The third kappa shape index (κ3) is 5.55. The molecule has 0 unspecified atom stereocenters. The Labute approximate surface area is 188 Å². The predicted molar refractivity (Wildman–Crippen MR) is 120 cm³/mol. The Balaban J connectivity index is 1.52. The highest BCUT2D eigenvalue weighted by atomic mass is 32.2. The molecule has 2 aliphatic heterocycles. The number of nitrogens with zero attached hydrogens (tertiary/aromatic N) is 7. The maximum absolute atomic E-state index is 11.2. The van der Waals surface area contributed by atoms with Gasteiger partial charge in [-0.25, -0.2) is 19.7 Å². The Hall–Kier alpha value is -2.62. The average Bonchev–Trinajstić information content (AvgIpc) is 3.22. The van der Waals surface area contributed by atoms with Gasteiger partial charge in [-0.3, -0.25) is 0 Å². The Kier molecular flexibility index (Phi) is 6.74. The molecule has 4 heterocycles. The van der Waals surface area contributed by atoms with Gasteiger partial charge in [-0.15, -0.1) is 0 Å². The first-order valence-corrected chi connectivity index (χ1v) is 11.8. The standard InChI is InChI=1S/C19H24N8O2S2/c1-25-6-8-26(9-7-25)16-10-15(22-17-21-12-14(11-20)31-17)23-18(24-16)30-13-2-4-27(5-3-13)19(28)29/h10,12-13H,2-9H2,1H3,(H,28,29)(H,21,22,23,24). The Morgan fingerprint density at radius 3 is 2.65 bits per heavy atom. The lowest BCUT2D eigenvalue weighted by Crippen LogP contribution is -2.44. The monoisotopic (exact) mass is 460 g/mol. The third-order valence-electron chi connectivity index (χ3n) is 5.35. The fourth-order valence-electron chi connectivity index (χ4n) is 3.53. The van der Waals surface area contributed by atoms with Crippen molar-refractivity contribution in [3.63, 3.8) is 0 Å². The van der Waals surface area contributed by atoms with Crippen LogP contribution in [0.1, 0.15) is 17.7 Å². The summed E-state index contributed by atoms with van der Waals surface area (Å²) in [7, 11) is 2.12. The molecule has 10 nitrogen and oxygen atoms in total. The minimum Gasteiger partial charge on any atom is -0.465 e. The van der Waals surface area contributed by atoms with Gasteiger partial charge in [0.1, 0.15) is 22.6 Å². The summed E-state index contributed by atoms with van der Waals surface area (Å²) in [5.74, 6) is 1.52. The van der Waals surface area contributed by atoms with Crippen LogP contribution in [0, 0.1) is 11.3 Å². The van der Waals surface area contributed by atoms with Crippen LogP contribution in [0.4, 0.5) is 21.6 Å². The van der Waals surface area contributed by atoms with Crippen LogP contribution >= 0.6 is 23.1 Å². The van der Waals surface area contributed by atoms with Crippen LogP contribution in [0.25, 0.3) is 0 Å². The SMILES string of the molecule is CN1CCN(c2cc(Nc3ncc(C#N)s3)nc(SC3CCN(C(=O)O)CC3)n2)CC1. The van der Waals surface area contributed by atoms with Crippen molar-refractivity contribution < 1.29 is 9.90 Å². The van der Waals surface area contributed by atoms with E-state index < -0.39 is 6.09 Å². The van der Waals surface area contributed by atoms with Crippen LogP contribution in [0.15, 0.2) is 17.4 Å². The molecular weight excluding hydrogens is 436 g/mol. The van der Waals surface area contributed by atoms with Crippen LogP contribution in [0.3, 0.4) is 0 Å². The normalized spacial score (nSPS) is 18.1. The maximum Gasteiger partial charge on any atom is 0.407 e. The number of amides is 1. The highest BCUT2D eigenvalue weighted by molar-refractivity contribution is 7.99. The lowest BCUT2D eigenvalue weighted by atomic mass is 10.1. The van der Waals surface area contributed by atoms with Crippen molar-refractivity contribution in [2.24, 2.45) is 0 Å². The van der Waals surface area contributed by atoms with Gasteiger partial charge in [0.2, 0.25) is 0 Å². The number of carbonyl (C=O) groups is 1. The second kappa shape index (κ2) is 9.67. The smallest absolute Gasteiger partial charge is 0.407 e. The summed E-state index contributed by atoms with van der Waals surface area (Å²) in [6.07, 6.45) is 2.24. The largest absolute Gasteiger partial charge is 0.465 e. The Morgan fingerprint density at radius 2 is 2.00 bits per heavy atom. The molecule has 164 valence electrons. The van der Waals surface area contributed by atoms with Crippen molar-refractivity contribution in [3.8, 4) is 6.07 Å². The van der Waals surface area contributed by atoms with E-state index in [9.17, 15) is 4.79 Å². The van der Waals surface area contributed by atoms with Crippen molar-refractivity contribution >= 4 is 46.0 Å². The zero-order chi connectivity index (χ0) is 21.8. The summed E-state index contributed by atoms with van der Waals surface area (Å²) >= 11 is 2.89. The summed E-state index contributed by atoms with van der Waals surface area (Å²) in [4.78, 5) is 31.4. The molecule has 0 aliphatic carbocycles. The number of hydrogen-bond acceptors (Lipinski definition) is 10. The number of thiazole rings is 1. The van der Waals surface area contributed by atoms with Gasteiger partial charge < -0.3 is 25.1 Å². The van der Waals surface area contributed by atoms with Crippen molar-refractivity contribution in [1.29, 1.82) is 5.26 Å². The molecule has 4 rings (SSSR count). The highest BCUT2D eigenvalue weighted by Crippen LogP contribution is 2.32. The number of likely N-dealkylation sites (tertiary alicyclic amines) is 1. The molecule has 1 amide bonds. The van der Waals surface area contributed by atoms with Crippen molar-refractivity contribution in [1.82, 2.24) is 24.8 Å². The van der Waals surface area contributed by atoms with Gasteiger partial charge >= 0.3 is 6.09 Å². The molecule has 0 spiro atoms. The van der Waals surface area contributed by atoms with Crippen molar-refractivity contribution in [2.45, 2.75) is 23.2 Å². The second-order valence-corrected chi connectivity index (χ2v) is 9.84. The van der Waals surface area contributed by atoms with Gasteiger partial charge in [0.05, 0.1) is 6.20 Å². The number of carboxylic acid groups (broad SMARTS) is 1. The van der Waals surface area contributed by atoms with Gasteiger partial charge in [0.25, 0.3) is 0 Å². The van der Waals surface area contributed by atoms with E-state index >= 15 is 0 Å². The summed E-state index contributed by atoms with van der Waals surface area (Å²) < 4.78 is 0. The van der Waals surface area contributed by atoms with Gasteiger partial charge in [-0.2, -0.15) is 5.26 Å². The number of hydrogen-bond donors (Lipinski definition) is 2. The molecule has 0 bridgehead atoms. The number of piperidine rings is 1. The Bertz CT molecular complexity index is 962. The lowest BCUT2D eigenvalue weighted by molar-refractivity contribution is 0.136. The summed E-state index contributed by atoms with van der Waals surface area (Å²) in [6.45, 7) is 4.80. The van der Waals surface area contributed by atoms with Crippen LogP contribution in [0.2, 0.25) is 0 Å². The van der Waals surface area contributed by atoms with E-state index in [0.29, 0.717) is 34.1 Å². The minimum absolute atomic E-state index is 0.274. The van der Waals surface area contributed by atoms with E-state index in [1.807, 2.05) is 6.07 Å². The minimum atomic E-state index is -0.858. The summed E-state index contributed by atoms with van der Waals surface area (Å²) in [5, 5.41) is 23.0. The number of nitriles is 1. The van der Waals surface area contributed by atoms with Gasteiger partial charge in [-0.1, -0.05) is 23.1 Å². The fraction of sp³-hybridized carbons (Fsp3) is 0.526. The molecule has 2 aromatic heterocycles. The first-order valence-electron chi connectivity index (χ1n) is 10.1. The van der Waals surface area contributed by atoms with Gasteiger partial charge in [0, 0.05) is 50.6 Å². The lowest BCUT2D eigenvalue weighted by Gasteiger charge is -2.33.